The number of nitriles is 1. The molecule has 13 heteroatoms. The fraction of sp³-hybridized carbons (Fsp3) is 0.292. The minimum atomic E-state index is -6.48. The molecule has 1 atom stereocenters. The van der Waals surface area contributed by atoms with E-state index in [4.69, 9.17) is 16.9 Å². The smallest absolute Gasteiger partial charge is 0.331 e. The first-order valence-corrected chi connectivity index (χ1v) is 11.1. The standard InChI is InChI=1S/C24H16ClF7N4O/c25-17-7-5-16(6-8-17)19-9-20-21(37)35(12-15-3-1-14(11-33)2-4-15)13-18(36(20)34-19)10-22(26,27)23(28,29)24(30,31)32/h1-9,18H,10,12-13H2. The summed E-state index contributed by atoms with van der Waals surface area (Å²) in [4.78, 5) is 14.3. The zero-order valence-corrected chi connectivity index (χ0v) is 19.4. The van der Waals surface area contributed by atoms with Gasteiger partial charge in [-0.25, -0.2) is 0 Å². The Morgan fingerprint density at radius 1 is 1.00 bits per heavy atom. The average Bonchev–Trinajstić information content (AvgIpc) is 3.28. The molecule has 1 aliphatic heterocycles. The van der Waals surface area contributed by atoms with Crippen molar-refractivity contribution in [2.24, 2.45) is 0 Å². The topological polar surface area (TPSA) is 61.9 Å². The predicted octanol–water partition coefficient (Wildman–Crippen LogP) is 6.50. The van der Waals surface area contributed by atoms with Crippen LogP contribution in [0.25, 0.3) is 11.3 Å². The van der Waals surface area contributed by atoms with E-state index in [1.807, 2.05) is 6.07 Å². The highest BCUT2D eigenvalue weighted by molar-refractivity contribution is 6.30. The molecule has 0 saturated carbocycles. The Morgan fingerprint density at radius 2 is 1.62 bits per heavy atom. The van der Waals surface area contributed by atoms with E-state index >= 15 is 0 Å². The Labute approximate surface area is 210 Å². The lowest BCUT2D eigenvalue weighted by Gasteiger charge is -2.37. The average molecular weight is 545 g/mol. The summed E-state index contributed by atoms with van der Waals surface area (Å²) in [5.41, 5.74) is 1.11. The molecule has 0 bridgehead atoms. The molecule has 37 heavy (non-hydrogen) atoms. The number of fused-ring (bicyclic) bond motifs is 1. The number of hydrogen-bond acceptors (Lipinski definition) is 3. The maximum absolute atomic E-state index is 14.4. The Balaban J connectivity index is 1.73. The summed E-state index contributed by atoms with van der Waals surface area (Å²) in [6.07, 6.45) is -8.41. The highest BCUT2D eigenvalue weighted by Crippen LogP contribution is 2.50. The molecule has 0 saturated heterocycles. The van der Waals surface area contributed by atoms with Crippen LogP contribution in [0.15, 0.2) is 54.6 Å². The molecule has 4 rings (SSSR count). The zero-order chi connectivity index (χ0) is 27.2. The maximum Gasteiger partial charge on any atom is 0.459 e. The van der Waals surface area contributed by atoms with Crippen molar-refractivity contribution in [3.8, 4) is 17.3 Å². The third-order valence-corrected chi connectivity index (χ3v) is 6.17. The SMILES string of the molecule is N#Cc1ccc(CN2CC(CC(F)(F)C(F)(F)C(F)(F)F)n3nc(-c4ccc(Cl)cc4)cc3C2=O)cc1. The third-order valence-electron chi connectivity index (χ3n) is 5.92. The van der Waals surface area contributed by atoms with Gasteiger partial charge in [0.05, 0.1) is 23.4 Å². The lowest BCUT2D eigenvalue weighted by molar-refractivity contribution is -0.357. The lowest BCUT2D eigenvalue weighted by atomic mass is 9.99. The van der Waals surface area contributed by atoms with Crippen molar-refractivity contribution in [1.29, 1.82) is 5.26 Å². The van der Waals surface area contributed by atoms with Gasteiger partial charge in [-0.2, -0.15) is 41.1 Å². The summed E-state index contributed by atoms with van der Waals surface area (Å²) in [6, 6.07) is 13.5. The number of rotatable bonds is 6. The van der Waals surface area contributed by atoms with Crippen LogP contribution in [-0.4, -0.2) is 45.2 Å². The van der Waals surface area contributed by atoms with Crippen LogP contribution in [0.4, 0.5) is 30.7 Å². The molecule has 2 aromatic carbocycles. The number of halogens is 8. The minimum absolute atomic E-state index is 0.121. The van der Waals surface area contributed by atoms with Crippen LogP contribution in [0.3, 0.4) is 0 Å². The van der Waals surface area contributed by atoms with Gasteiger partial charge in [0.1, 0.15) is 5.69 Å². The highest BCUT2D eigenvalue weighted by atomic mass is 35.5. The van der Waals surface area contributed by atoms with Gasteiger partial charge in [-0.15, -0.1) is 0 Å². The second kappa shape index (κ2) is 9.37. The number of alkyl halides is 7. The molecule has 1 amide bonds. The Bertz CT molecular complexity index is 1350. The number of nitrogens with zero attached hydrogens (tertiary/aromatic N) is 4. The molecule has 0 N–H and O–H groups in total. The van der Waals surface area contributed by atoms with E-state index in [0.29, 0.717) is 21.7 Å². The molecule has 1 unspecified atom stereocenters. The largest absolute Gasteiger partial charge is 0.459 e. The van der Waals surface area contributed by atoms with Crippen molar-refractivity contribution in [3.63, 3.8) is 0 Å². The number of carbonyl (C=O) groups excluding carboxylic acids is 1. The van der Waals surface area contributed by atoms with Crippen LogP contribution in [0.2, 0.25) is 5.02 Å². The molecule has 3 aromatic rings. The van der Waals surface area contributed by atoms with Crippen LogP contribution in [0, 0.1) is 11.3 Å². The summed E-state index contributed by atoms with van der Waals surface area (Å²) in [5, 5.41) is 13.4. The molecular weight excluding hydrogens is 529 g/mol. The van der Waals surface area contributed by atoms with Crippen molar-refractivity contribution in [1.82, 2.24) is 14.7 Å². The van der Waals surface area contributed by atoms with Gasteiger partial charge in [0.2, 0.25) is 0 Å². The van der Waals surface area contributed by atoms with Gasteiger partial charge in [0.25, 0.3) is 5.91 Å². The Morgan fingerprint density at radius 3 is 2.19 bits per heavy atom. The second-order valence-electron chi connectivity index (χ2n) is 8.50. The first-order chi connectivity index (χ1) is 17.2. The quantitative estimate of drug-likeness (QED) is 0.333. The molecule has 1 aliphatic rings. The fourth-order valence-corrected chi connectivity index (χ4v) is 4.12. The third kappa shape index (κ3) is 5.00. The van der Waals surface area contributed by atoms with Crippen molar-refractivity contribution in [3.05, 3.63) is 76.4 Å². The lowest BCUT2D eigenvalue weighted by Crippen LogP contribution is -2.54. The molecule has 194 valence electrons. The van der Waals surface area contributed by atoms with Gasteiger partial charge in [-0.1, -0.05) is 35.9 Å². The monoisotopic (exact) mass is 544 g/mol. The maximum atomic E-state index is 14.4. The van der Waals surface area contributed by atoms with E-state index in [2.05, 4.69) is 5.10 Å². The van der Waals surface area contributed by atoms with Crippen LogP contribution >= 0.6 is 11.6 Å². The summed E-state index contributed by atoms with van der Waals surface area (Å²) in [7, 11) is 0. The fourth-order valence-electron chi connectivity index (χ4n) is 3.99. The van der Waals surface area contributed by atoms with Gasteiger partial charge in [-0.3, -0.25) is 9.48 Å². The summed E-state index contributed by atoms with van der Waals surface area (Å²) < 4.78 is 95.4. The van der Waals surface area contributed by atoms with Crippen LogP contribution in [-0.2, 0) is 6.54 Å². The van der Waals surface area contributed by atoms with Gasteiger partial charge in [0.15, 0.2) is 0 Å². The molecular formula is C24H16ClF7N4O. The molecule has 0 aliphatic carbocycles. The molecule has 1 aromatic heterocycles. The Kier molecular flexibility index (Phi) is 6.71. The summed E-state index contributed by atoms with van der Waals surface area (Å²) in [6.45, 7) is -0.763. The van der Waals surface area contributed by atoms with Gasteiger partial charge < -0.3 is 4.90 Å². The highest BCUT2D eigenvalue weighted by Gasteiger charge is 2.73. The van der Waals surface area contributed by atoms with Crippen molar-refractivity contribution in [2.45, 2.75) is 37.0 Å². The number of hydrogen-bond donors (Lipinski definition) is 0. The first kappa shape index (κ1) is 26.5. The first-order valence-electron chi connectivity index (χ1n) is 10.7. The predicted molar refractivity (Wildman–Crippen MR) is 118 cm³/mol. The van der Waals surface area contributed by atoms with Crippen LogP contribution in [0.5, 0.6) is 0 Å². The normalized spacial score (nSPS) is 16.5. The van der Waals surface area contributed by atoms with Crippen molar-refractivity contribution in [2.75, 3.05) is 6.54 Å². The van der Waals surface area contributed by atoms with Gasteiger partial charge >= 0.3 is 18.0 Å². The minimum Gasteiger partial charge on any atom is -0.331 e. The second-order valence-corrected chi connectivity index (χ2v) is 8.93. The van der Waals surface area contributed by atoms with Crippen LogP contribution in [0.1, 0.15) is 34.1 Å². The molecule has 0 fully saturated rings. The van der Waals surface area contributed by atoms with E-state index in [1.54, 1.807) is 0 Å². The molecule has 5 nitrogen and oxygen atoms in total. The molecule has 2 heterocycles. The van der Waals surface area contributed by atoms with Gasteiger partial charge in [-0.05, 0) is 35.9 Å². The Hall–Kier alpha value is -3.59. The van der Waals surface area contributed by atoms with E-state index in [1.165, 1.54) is 54.6 Å². The van der Waals surface area contributed by atoms with E-state index in [-0.39, 0.29) is 17.9 Å². The number of carbonyl (C=O) groups is 1. The van der Waals surface area contributed by atoms with Crippen molar-refractivity contribution < 1.29 is 35.5 Å². The number of amides is 1. The van der Waals surface area contributed by atoms with E-state index in [0.717, 1.165) is 9.58 Å². The van der Waals surface area contributed by atoms with Crippen LogP contribution < -0.4 is 0 Å². The van der Waals surface area contributed by atoms with E-state index < -0.39 is 42.9 Å². The van der Waals surface area contributed by atoms with Crippen molar-refractivity contribution >= 4 is 17.5 Å². The number of benzene rings is 2. The van der Waals surface area contributed by atoms with E-state index in [9.17, 15) is 35.5 Å². The molecule has 0 radical (unpaired) electrons. The summed E-state index contributed by atoms with van der Waals surface area (Å²) >= 11 is 5.86. The zero-order valence-electron chi connectivity index (χ0n) is 18.6. The molecule has 0 spiro atoms. The summed E-state index contributed by atoms with van der Waals surface area (Å²) in [5.74, 6) is -12.5. The van der Waals surface area contributed by atoms with Gasteiger partial charge in [0, 0.05) is 30.1 Å². The number of aromatic nitrogens is 2.